The van der Waals surface area contributed by atoms with Crippen LogP contribution in [0.5, 0.6) is 0 Å². The molecule has 0 unspecified atom stereocenters. The molecule has 0 fully saturated rings. The summed E-state index contributed by atoms with van der Waals surface area (Å²) in [4.78, 5) is 12.2. The molecule has 21 heavy (non-hydrogen) atoms. The predicted molar refractivity (Wildman–Crippen MR) is 86.4 cm³/mol. The van der Waals surface area contributed by atoms with Crippen molar-refractivity contribution in [3.63, 3.8) is 0 Å². The molecule has 2 rings (SSSR count). The van der Waals surface area contributed by atoms with Crippen molar-refractivity contribution < 1.29 is 9.90 Å². The molecule has 0 heterocycles. The highest BCUT2D eigenvalue weighted by molar-refractivity contribution is 6.37. The standard InChI is InChI=1S/C15H14Cl2N2O2/c16-10-4-6-11(7-5-10)19-15(21)12-2-1-3-13(14(12)17)18-8-9-20/h1-7,18,20H,8-9H2,(H,19,21). The van der Waals surface area contributed by atoms with E-state index in [2.05, 4.69) is 10.6 Å². The van der Waals surface area contributed by atoms with Crippen molar-refractivity contribution in [3.05, 3.63) is 58.1 Å². The first-order valence-corrected chi connectivity index (χ1v) is 7.07. The Balaban J connectivity index is 2.17. The van der Waals surface area contributed by atoms with Crippen LogP contribution < -0.4 is 10.6 Å². The quantitative estimate of drug-likeness (QED) is 0.786. The van der Waals surface area contributed by atoms with Gasteiger partial charge in [0.15, 0.2) is 0 Å². The molecule has 0 aliphatic carbocycles. The minimum Gasteiger partial charge on any atom is -0.395 e. The highest BCUT2D eigenvalue weighted by Gasteiger charge is 2.13. The van der Waals surface area contributed by atoms with Crippen molar-refractivity contribution in [3.8, 4) is 0 Å². The number of aliphatic hydroxyl groups excluding tert-OH is 1. The van der Waals surface area contributed by atoms with Gasteiger partial charge in [0.25, 0.3) is 5.91 Å². The molecule has 0 bridgehead atoms. The van der Waals surface area contributed by atoms with Crippen LogP contribution in [0.4, 0.5) is 11.4 Å². The van der Waals surface area contributed by atoms with Crippen LogP contribution in [0.1, 0.15) is 10.4 Å². The number of amides is 1. The van der Waals surface area contributed by atoms with E-state index in [9.17, 15) is 4.79 Å². The van der Waals surface area contributed by atoms with Crippen LogP contribution in [0.15, 0.2) is 42.5 Å². The Morgan fingerprint density at radius 3 is 2.48 bits per heavy atom. The molecule has 110 valence electrons. The van der Waals surface area contributed by atoms with Crippen LogP contribution in [-0.4, -0.2) is 24.2 Å². The van der Waals surface area contributed by atoms with E-state index in [1.54, 1.807) is 42.5 Å². The molecule has 6 heteroatoms. The van der Waals surface area contributed by atoms with Gasteiger partial charge in [0.2, 0.25) is 0 Å². The molecule has 0 saturated heterocycles. The average Bonchev–Trinajstić information content (AvgIpc) is 2.48. The van der Waals surface area contributed by atoms with E-state index in [1.165, 1.54) is 0 Å². The van der Waals surface area contributed by atoms with Gasteiger partial charge in [-0.1, -0.05) is 29.3 Å². The summed E-state index contributed by atoms with van der Waals surface area (Å²) in [6.07, 6.45) is 0. The van der Waals surface area contributed by atoms with Crippen molar-refractivity contribution in [1.29, 1.82) is 0 Å². The van der Waals surface area contributed by atoms with E-state index in [1.807, 2.05) is 0 Å². The maximum absolute atomic E-state index is 12.2. The molecule has 1 amide bonds. The van der Waals surface area contributed by atoms with Gasteiger partial charge in [-0.05, 0) is 36.4 Å². The predicted octanol–water partition coefficient (Wildman–Crippen LogP) is 3.65. The molecule has 3 N–H and O–H groups in total. The smallest absolute Gasteiger partial charge is 0.257 e. The number of halogens is 2. The average molecular weight is 325 g/mol. The van der Waals surface area contributed by atoms with Crippen molar-refractivity contribution in [1.82, 2.24) is 0 Å². The van der Waals surface area contributed by atoms with Gasteiger partial charge in [0.05, 0.1) is 22.9 Å². The number of hydrogen-bond donors (Lipinski definition) is 3. The molecule has 0 radical (unpaired) electrons. The Hall–Kier alpha value is -1.75. The third-order valence-corrected chi connectivity index (χ3v) is 3.43. The van der Waals surface area contributed by atoms with Crippen molar-refractivity contribution in [2.75, 3.05) is 23.8 Å². The number of aliphatic hydroxyl groups is 1. The molecule has 2 aromatic rings. The summed E-state index contributed by atoms with van der Waals surface area (Å²) in [5.74, 6) is -0.310. The zero-order valence-electron chi connectivity index (χ0n) is 11.1. The largest absolute Gasteiger partial charge is 0.395 e. The van der Waals surface area contributed by atoms with Gasteiger partial charge in [0, 0.05) is 17.3 Å². The van der Waals surface area contributed by atoms with Crippen LogP contribution in [-0.2, 0) is 0 Å². The van der Waals surface area contributed by atoms with Gasteiger partial charge in [-0.3, -0.25) is 4.79 Å². The lowest BCUT2D eigenvalue weighted by Gasteiger charge is -2.11. The number of rotatable bonds is 5. The molecular weight excluding hydrogens is 311 g/mol. The monoisotopic (exact) mass is 324 g/mol. The van der Waals surface area contributed by atoms with Crippen molar-refractivity contribution in [2.24, 2.45) is 0 Å². The zero-order valence-corrected chi connectivity index (χ0v) is 12.6. The van der Waals surface area contributed by atoms with Gasteiger partial charge in [-0.25, -0.2) is 0 Å². The Morgan fingerprint density at radius 1 is 1.10 bits per heavy atom. The molecule has 0 atom stereocenters. The molecule has 0 saturated carbocycles. The van der Waals surface area contributed by atoms with E-state index in [0.717, 1.165) is 0 Å². The molecule has 0 aliphatic rings. The summed E-state index contributed by atoms with van der Waals surface area (Å²) >= 11 is 12.0. The maximum Gasteiger partial charge on any atom is 0.257 e. The van der Waals surface area contributed by atoms with Gasteiger partial charge in [-0.2, -0.15) is 0 Å². The second kappa shape index (κ2) is 7.31. The summed E-state index contributed by atoms with van der Waals surface area (Å²) in [6.45, 7) is 0.347. The SMILES string of the molecule is O=C(Nc1ccc(Cl)cc1)c1cccc(NCCO)c1Cl. The fourth-order valence-corrected chi connectivity index (χ4v) is 2.17. The lowest BCUT2D eigenvalue weighted by atomic mass is 10.1. The first kappa shape index (κ1) is 15.6. The van der Waals surface area contributed by atoms with E-state index in [4.69, 9.17) is 28.3 Å². The maximum atomic E-state index is 12.2. The number of carbonyl (C=O) groups is 1. The van der Waals surface area contributed by atoms with E-state index < -0.39 is 0 Å². The van der Waals surface area contributed by atoms with Gasteiger partial charge in [0.1, 0.15) is 0 Å². The van der Waals surface area contributed by atoms with Gasteiger partial charge in [-0.15, -0.1) is 0 Å². The number of hydrogen-bond acceptors (Lipinski definition) is 3. The highest BCUT2D eigenvalue weighted by Crippen LogP contribution is 2.26. The van der Waals surface area contributed by atoms with Gasteiger partial charge >= 0.3 is 0 Å². The first-order chi connectivity index (χ1) is 10.1. The Kier molecular flexibility index (Phi) is 5.44. The van der Waals surface area contributed by atoms with Crippen molar-refractivity contribution in [2.45, 2.75) is 0 Å². The van der Waals surface area contributed by atoms with E-state index >= 15 is 0 Å². The molecule has 0 aromatic heterocycles. The number of nitrogens with one attached hydrogen (secondary N) is 2. The van der Waals surface area contributed by atoms with Crippen LogP contribution in [0.2, 0.25) is 10.0 Å². The highest BCUT2D eigenvalue weighted by atomic mass is 35.5. The summed E-state index contributed by atoms with van der Waals surface area (Å²) in [7, 11) is 0. The fraction of sp³-hybridized carbons (Fsp3) is 0.133. The minimum absolute atomic E-state index is 0.0163. The van der Waals surface area contributed by atoms with Crippen LogP contribution in [0.25, 0.3) is 0 Å². The lowest BCUT2D eigenvalue weighted by Crippen LogP contribution is -2.14. The van der Waals surface area contributed by atoms with E-state index in [-0.39, 0.29) is 12.5 Å². The fourth-order valence-electron chi connectivity index (χ4n) is 1.77. The Morgan fingerprint density at radius 2 is 1.81 bits per heavy atom. The summed E-state index contributed by atoms with van der Waals surface area (Å²) in [5.41, 5.74) is 1.60. The summed E-state index contributed by atoms with van der Waals surface area (Å²) in [5, 5.41) is 15.4. The number of anilines is 2. The lowest BCUT2D eigenvalue weighted by molar-refractivity contribution is 0.102. The minimum atomic E-state index is -0.310. The van der Waals surface area contributed by atoms with E-state index in [0.29, 0.717) is 33.5 Å². The second-order valence-corrected chi connectivity index (χ2v) is 5.09. The Bertz CT molecular complexity index is 630. The molecule has 2 aromatic carbocycles. The third-order valence-electron chi connectivity index (χ3n) is 2.77. The normalized spacial score (nSPS) is 10.2. The third kappa shape index (κ3) is 4.11. The summed E-state index contributed by atoms with van der Waals surface area (Å²) < 4.78 is 0. The summed E-state index contributed by atoms with van der Waals surface area (Å²) in [6, 6.07) is 11.9. The van der Waals surface area contributed by atoms with Crippen LogP contribution >= 0.6 is 23.2 Å². The first-order valence-electron chi connectivity index (χ1n) is 6.32. The van der Waals surface area contributed by atoms with Gasteiger partial charge < -0.3 is 15.7 Å². The van der Waals surface area contributed by atoms with Crippen LogP contribution in [0.3, 0.4) is 0 Å². The number of carbonyl (C=O) groups excluding carboxylic acids is 1. The second-order valence-electron chi connectivity index (χ2n) is 4.28. The Labute approximate surface area is 132 Å². The number of benzene rings is 2. The molecule has 0 spiro atoms. The van der Waals surface area contributed by atoms with Crippen molar-refractivity contribution >= 4 is 40.5 Å². The zero-order chi connectivity index (χ0) is 15.2. The van der Waals surface area contributed by atoms with Crippen LogP contribution in [0, 0.1) is 0 Å². The molecule has 4 nitrogen and oxygen atoms in total. The molecule has 0 aliphatic heterocycles. The molecular formula is C15H14Cl2N2O2. The topological polar surface area (TPSA) is 61.4 Å².